The third-order valence-electron chi connectivity index (χ3n) is 4.83. The summed E-state index contributed by atoms with van der Waals surface area (Å²) in [6.07, 6.45) is 0. The first-order valence-electron chi connectivity index (χ1n) is 5.84. The minimum atomic E-state index is 0.296. The number of nitrogens with one attached hydrogen (secondary N) is 1. The molecular weight excluding hydrogens is 216 g/mol. The highest BCUT2D eigenvalue weighted by Crippen LogP contribution is 2.72. The first kappa shape index (κ1) is 12.1. The summed E-state index contributed by atoms with van der Waals surface area (Å²) in [5.74, 6) is 6.39. The summed E-state index contributed by atoms with van der Waals surface area (Å²) < 4.78 is 0. The van der Waals surface area contributed by atoms with E-state index in [2.05, 4.69) is 51.5 Å². The standard InChI is InChI=1S/C13H22N2S/c1-8-6-7-16-10(8)9(15-14)11-12(2,3)13(11,4)5/h6-7,9,11,15H,14H2,1-5H3. The predicted molar refractivity (Wildman–Crippen MR) is 70.2 cm³/mol. The van der Waals surface area contributed by atoms with Gasteiger partial charge in [-0.3, -0.25) is 11.3 Å². The van der Waals surface area contributed by atoms with E-state index in [1.807, 2.05) is 11.3 Å². The molecule has 0 amide bonds. The first-order valence-corrected chi connectivity index (χ1v) is 6.72. The summed E-state index contributed by atoms with van der Waals surface area (Å²) in [5, 5.41) is 2.15. The molecule has 0 bridgehead atoms. The Labute approximate surface area is 102 Å². The number of hydrogen-bond acceptors (Lipinski definition) is 3. The van der Waals surface area contributed by atoms with E-state index < -0.39 is 0 Å². The highest BCUT2D eigenvalue weighted by molar-refractivity contribution is 7.10. The molecule has 1 saturated carbocycles. The monoisotopic (exact) mass is 238 g/mol. The number of rotatable bonds is 3. The molecule has 0 aromatic carbocycles. The lowest BCUT2D eigenvalue weighted by molar-refractivity contribution is 0.422. The van der Waals surface area contributed by atoms with Crippen molar-refractivity contribution in [2.24, 2.45) is 22.6 Å². The summed E-state index contributed by atoms with van der Waals surface area (Å²) in [6, 6.07) is 2.47. The van der Waals surface area contributed by atoms with Crippen LogP contribution in [0.25, 0.3) is 0 Å². The molecule has 3 N–H and O–H groups in total. The van der Waals surface area contributed by atoms with Crippen molar-refractivity contribution in [2.75, 3.05) is 0 Å². The predicted octanol–water partition coefficient (Wildman–Crippen LogP) is 3.24. The van der Waals surface area contributed by atoms with Gasteiger partial charge < -0.3 is 0 Å². The molecule has 16 heavy (non-hydrogen) atoms. The zero-order valence-electron chi connectivity index (χ0n) is 10.8. The second-order valence-electron chi connectivity index (χ2n) is 6.03. The van der Waals surface area contributed by atoms with Gasteiger partial charge in [0.05, 0.1) is 6.04 Å². The van der Waals surface area contributed by atoms with Crippen molar-refractivity contribution in [1.82, 2.24) is 5.43 Å². The average Bonchev–Trinajstić information content (AvgIpc) is 2.54. The summed E-state index contributed by atoms with van der Waals surface area (Å²) in [7, 11) is 0. The topological polar surface area (TPSA) is 38.0 Å². The Balaban J connectivity index is 2.31. The molecule has 2 rings (SSSR count). The maximum atomic E-state index is 5.77. The lowest BCUT2D eigenvalue weighted by atomic mass is 10.0. The molecule has 0 aliphatic heterocycles. The van der Waals surface area contributed by atoms with Gasteiger partial charge in [0, 0.05) is 4.88 Å². The third-order valence-corrected chi connectivity index (χ3v) is 5.93. The zero-order valence-corrected chi connectivity index (χ0v) is 11.6. The Kier molecular flexibility index (Phi) is 2.69. The fourth-order valence-electron chi connectivity index (χ4n) is 3.11. The van der Waals surface area contributed by atoms with Crippen LogP contribution in [0.15, 0.2) is 11.4 Å². The van der Waals surface area contributed by atoms with Crippen LogP contribution in [0, 0.1) is 23.7 Å². The van der Waals surface area contributed by atoms with E-state index >= 15 is 0 Å². The normalized spacial score (nSPS) is 24.4. The second-order valence-corrected chi connectivity index (χ2v) is 6.98. The van der Waals surface area contributed by atoms with Crippen LogP contribution in [0.5, 0.6) is 0 Å². The Morgan fingerprint density at radius 1 is 1.31 bits per heavy atom. The molecule has 1 unspecified atom stereocenters. The van der Waals surface area contributed by atoms with Crippen molar-refractivity contribution in [3.63, 3.8) is 0 Å². The van der Waals surface area contributed by atoms with E-state index in [0.717, 1.165) is 0 Å². The molecule has 0 radical (unpaired) electrons. The van der Waals surface area contributed by atoms with E-state index in [1.54, 1.807) is 0 Å². The molecule has 2 nitrogen and oxygen atoms in total. The Morgan fingerprint density at radius 2 is 1.88 bits per heavy atom. The minimum absolute atomic E-state index is 0.296. The zero-order chi connectivity index (χ0) is 12.1. The smallest absolute Gasteiger partial charge is 0.0594 e. The molecule has 1 aromatic heterocycles. The number of hydrogen-bond donors (Lipinski definition) is 2. The van der Waals surface area contributed by atoms with Crippen molar-refractivity contribution in [3.05, 3.63) is 21.9 Å². The van der Waals surface area contributed by atoms with Crippen LogP contribution in [0.2, 0.25) is 0 Å². The Hall–Kier alpha value is -0.380. The van der Waals surface area contributed by atoms with Crippen molar-refractivity contribution in [3.8, 4) is 0 Å². The molecule has 1 heterocycles. The summed E-state index contributed by atoms with van der Waals surface area (Å²) in [5.41, 5.74) is 5.11. The highest BCUT2D eigenvalue weighted by atomic mass is 32.1. The Bertz CT molecular complexity index is 378. The van der Waals surface area contributed by atoms with Crippen LogP contribution in [0.1, 0.15) is 44.2 Å². The quantitative estimate of drug-likeness (QED) is 0.626. The van der Waals surface area contributed by atoms with Gasteiger partial charge in [-0.05, 0) is 40.7 Å². The fourth-order valence-corrected chi connectivity index (χ4v) is 4.13. The van der Waals surface area contributed by atoms with Gasteiger partial charge in [-0.25, -0.2) is 0 Å². The molecule has 1 aliphatic carbocycles. The molecule has 90 valence electrons. The summed E-state index contributed by atoms with van der Waals surface area (Å²) >= 11 is 1.81. The molecule has 0 saturated heterocycles. The lowest BCUT2D eigenvalue weighted by Crippen LogP contribution is -2.31. The van der Waals surface area contributed by atoms with Crippen LogP contribution in [0.4, 0.5) is 0 Å². The number of nitrogens with two attached hydrogens (primary N) is 1. The van der Waals surface area contributed by atoms with E-state index in [4.69, 9.17) is 5.84 Å². The molecule has 1 aromatic rings. The van der Waals surface area contributed by atoms with Gasteiger partial charge in [-0.1, -0.05) is 27.7 Å². The number of hydrazine groups is 1. The van der Waals surface area contributed by atoms with Gasteiger partial charge in [0.25, 0.3) is 0 Å². The van der Waals surface area contributed by atoms with Gasteiger partial charge in [0.1, 0.15) is 0 Å². The third kappa shape index (κ3) is 1.45. The molecular formula is C13H22N2S. The van der Waals surface area contributed by atoms with Gasteiger partial charge in [0.15, 0.2) is 0 Å². The number of thiophene rings is 1. The average molecular weight is 238 g/mol. The van der Waals surface area contributed by atoms with Crippen molar-refractivity contribution in [2.45, 2.75) is 40.7 Å². The summed E-state index contributed by atoms with van der Waals surface area (Å²) in [6.45, 7) is 11.5. The van der Waals surface area contributed by atoms with Crippen LogP contribution in [-0.2, 0) is 0 Å². The van der Waals surface area contributed by atoms with Crippen LogP contribution in [0.3, 0.4) is 0 Å². The molecule has 1 fully saturated rings. The SMILES string of the molecule is Cc1ccsc1C(NN)C1C(C)(C)C1(C)C. The van der Waals surface area contributed by atoms with E-state index in [1.165, 1.54) is 10.4 Å². The summed E-state index contributed by atoms with van der Waals surface area (Å²) in [4.78, 5) is 1.39. The second kappa shape index (κ2) is 3.56. The van der Waals surface area contributed by atoms with Gasteiger partial charge in [0.2, 0.25) is 0 Å². The van der Waals surface area contributed by atoms with Crippen molar-refractivity contribution >= 4 is 11.3 Å². The Morgan fingerprint density at radius 3 is 2.19 bits per heavy atom. The van der Waals surface area contributed by atoms with Crippen LogP contribution in [-0.4, -0.2) is 0 Å². The van der Waals surface area contributed by atoms with Crippen LogP contribution >= 0.6 is 11.3 Å². The van der Waals surface area contributed by atoms with E-state index in [9.17, 15) is 0 Å². The maximum Gasteiger partial charge on any atom is 0.0594 e. The first-order chi connectivity index (χ1) is 7.34. The maximum absolute atomic E-state index is 5.77. The lowest BCUT2D eigenvalue weighted by Gasteiger charge is -2.18. The minimum Gasteiger partial charge on any atom is -0.271 e. The van der Waals surface area contributed by atoms with Crippen LogP contribution < -0.4 is 11.3 Å². The highest BCUT2D eigenvalue weighted by Gasteiger charge is 2.67. The fraction of sp³-hybridized carbons (Fsp3) is 0.692. The molecule has 1 atom stereocenters. The van der Waals surface area contributed by atoms with Crippen molar-refractivity contribution < 1.29 is 0 Å². The molecule has 0 spiro atoms. The number of aryl methyl sites for hydroxylation is 1. The molecule has 3 heteroatoms. The van der Waals surface area contributed by atoms with Gasteiger partial charge in [-0.15, -0.1) is 11.3 Å². The van der Waals surface area contributed by atoms with E-state index in [-0.39, 0.29) is 0 Å². The molecule has 1 aliphatic rings. The van der Waals surface area contributed by atoms with E-state index in [0.29, 0.717) is 22.8 Å². The largest absolute Gasteiger partial charge is 0.271 e. The van der Waals surface area contributed by atoms with Gasteiger partial charge >= 0.3 is 0 Å². The van der Waals surface area contributed by atoms with Crippen molar-refractivity contribution in [1.29, 1.82) is 0 Å². The van der Waals surface area contributed by atoms with Gasteiger partial charge in [-0.2, -0.15) is 0 Å².